The Balaban J connectivity index is 0. The average Bonchev–Trinajstić information content (AvgIpc) is 1.86. The standard InChI is InChI=1S/C5H10O5.K/c1-5(10,4(8)9)3(7)2-6;/h3,6-7,10H,2H2,1H3,(H,8,9);/q;+1/p-1/t3?,5-;/m1./s1. The van der Waals surface area contributed by atoms with Gasteiger partial charge in [-0.15, -0.1) is 0 Å². The summed E-state index contributed by atoms with van der Waals surface area (Å²) in [5.74, 6) is -1.81. The van der Waals surface area contributed by atoms with Gasteiger partial charge >= 0.3 is 51.4 Å². The van der Waals surface area contributed by atoms with Crippen LogP contribution in [0.3, 0.4) is 0 Å². The van der Waals surface area contributed by atoms with E-state index in [0.717, 1.165) is 6.92 Å². The van der Waals surface area contributed by atoms with Gasteiger partial charge in [0.05, 0.1) is 12.6 Å². The SMILES string of the molecule is C[C@](O)(C(=O)[O-])C(O)CO.[K+]. The van der Waals surface area contributed by atoms with Crippen molar-refractivity contribution in [1.29, 1.82) is 0 Å². The number of hydrogen-bond acceptors (Lipinski definition) is 5. The van der Waals surface area contributed by atoms with Crippen LogP contribution in [0.25, 0.3) is 0 Å². The molecule has 6 heteroatoms. The van der Waals surface area contributed by atoms with Crippen LogP contribution in [-0.2, 0) is 4.79 Å². The van der Waals surface area contributed by atoms with Gasteiger partial charge in [-0.25, -0.2) is 0 Å². The zero-order valence-electron chi connectivity index (χ0n) is 6.44. The first-order valence-electron chi connectivity index (χ1n) is 2.65. The molecule has 60 valence electrons. The molecule has 0 saturated heterocycles. The summed E-state index contributed by atoms with van der Waals surface area (Å²) in [4.78, 5) is 9.99. The molecular formula is C5H9KO5. The number of carboxylic acids is 1. The van der Waals surface area contributed by atoms with E-state index in [-0.39, 0.29) is 51.4 Å². The second-order valence-electron chi connectivity index (χ2n) is 2.13. The van der Waals surface area contributed by atoms with Gasteiger partial charge in [-0.3, -0.25) is 0 Å². The molecule has 0 aliphatic rings. The third-order valence-electron chi connectivity index (χ3n) is 1.24. The van der Waals surface area contributed by atoms with E-state index < -0.39 is 24.3 Å². The van der Waals surface area contributed by atoms with Gasteiger partial charge in [0.2, 0.25) is 0 Å². The van der Waals surface area contributed by atoms with Gasteiger partial charge in [-0.1, -0.05) is 0 Å². The normalized spacial score (nSPS) is 17.8. The first-order valence-corrected chi connectivity index (χ1v) is 2.65. The van der Waals surface area contributed by atoms with Gasteiger partial charge in [0.25, 0.3) is 0 Å². The summed E-state index contributed by atoms with van der Waals surface area (Å²) in [6.45, 7) is 0.0319. The van der Waals surface area contributed by atoms with Crippen LogP contribution >= 0.6 is 0 Å². The smallest absolute Gasteiger partial charge is 0.547 e. The van der Waals surface area contributed by atoms with Gasteiger partial charge in [-0.2, -0.15) is 0 Å². The summed E-state index contributed by atoms with van der Waals surface area (Å²) in [6, 6.07) is 0. The molecule has 0 aromatic carbocycles. The van der Waals surface area contributed by atoms with Crippen molar-refractivity contribution >= 4 is 5.97 Å². The van der Waals surface area contributed by atoms with Crippen molar-refractivity contribution in [3.05, 3.63) is 0 Å². The molecule has 0 amide bonds. The van der Waals surface area contributed by atoms with Crippen LogP contribution in [0.15, 0.2) is 0 Å². The fourth-order valence-electron chi connectivity index (χ4n) is 0.314. The molecule has 0 spiro atoms. The average molecular weight is 188 g/mol. The number of aliphatic hydroxyl groups is 3. The molecule has 0 saturated carbocycles. The maximum Gasteiger partial charge on any atom is 1.00 e. The predicted molar refractivity (Wildman–Crippen MR) is 28.7 cm³/mol. The molecule has 0 fully saturated rings. The van der Waals surface area contributed by atoms with E-state index in [1.165, 1.54) is 0 Å². The summed E-state index contributed by atoms with van der Waals surface area (Å²) in [7, 11) is 0. The molecule has 0 radical (unpaired) electrons. The first kappa shape index (κ1) is 14.5. The maximum atomic E-state index is 9.99. The van der Waals surface area contributed by atoms with Crippen LogP contribution in [-0.4, -0.2) is 39.6 Å². The molecule has 11 heavy (non-hydrogen) atoms. The topological polar surface area (TPSA) is 101 Å². The Kier molecular flexibility index (Phi) is 7.39. The van der Waals surface area contributed by atoms with Crippen molar-refractivity contribution in [2.45, 2.75) is 18.6 Å². The molecule has 5 nitrogen and oxygen atoms in total. The van der Waals surface area contributed by atoms with Crippen LogP contribution in [0.4, 0.5) is 0 Å². The Morgan fingerprint density at radius 1 is 1.73 bits per heavy atom. The molecule has 0 aliphatic heterocycles. The minimum Gasteiger partial charge on any atom is -0.547 e. The minimum absolute atomic E-state index is 0. The summed E-state index contributed by atoms with van der Waals surface area (Å²) < 4.78 is 0. The summed E-state index contributed by atoms with van der Waals surface area (Å²) in [6.07, 6.45) is -1.71. The molecule has 0 bridgehead atoms. The number of carbonyl (C=O) groups is 1. The molecule has 0 aliphatic carbocycles. The van der Waals surface area contributed by atoms with Gasteiger partial charge < -0.3 is 25.2 Å². The van der Waals surface area contributed by atoms with Gasteiger partial charge in [0, 0.05) is 0 Å². The van der Waals surface area contributed by atoms with Crippen molar-refractivity contribution in [1.82, 2.24) is 0 Å². The number of carboxylic acid groups (broad SMARTS) is 1. The van der Waals surface area contributed by atoms with E-state index in [1.54, 1.807) is 0 Å². The molecular weight excluding hydrogens is 179 g/mol. The molecule has 2 atom stereocenters. The Labute approximate surface area is 106 Å². The molecule has 1 unspecified atom stereocenters. The Bertz CT molecular complexity index is 135. The van der Waals surface area contributed by atoms with E-state index in [2.05, 4.69) is 0 Å². The maximum absolute atomic E-state index is 9.99. The molecule has 0 aromatic heterocycles. The fraction of sp³-hybridized carbons (Fsp3) is 0.800. The third kappa shape index (κ3) is 3.95. The van der Waals surface area contributed by atoms with Crippen molar-refractivity contribution in [2.75, 3.05) is 6.61 Å². The van der Waals surface area contributed by atoms with E-state index >= 15 is 0 Å². The number of carbonyl (C=O) groups excluding carboxylic acids is 1. The number of aliphatic hydroxyl groups excluding tert-OH is 2. The molecule has 3 N–H and O–H groups in total. The zero-order valence-corrected chi connectivity index (χ0v) is 9.57. The second-order valence-corrected chi connectivity index (χ2v) is 2.13. The third-order valence-corrected chi connectivity index (χ3v) is 1.24. The second kappa shape index (κ2) is 5.60. The van der Waals surface area contributed by atoms with Crippen LogP contribution < -0.4 is 56.5 Å². The van der Waals surface area contributed by atoms with Gasteiger partial charge in [-0.05, 0) is 6.92 Å². The van der Waals surface area contributed by atoms with Crippen molar-refractivity contribution in [2.24, 2.45) is 0 Å². The fourth-order valence-corrected chi connectivity index (χ4v) is 0.314. The largest absolute Gasteiger partial charge is 1.00 e. The summed E-state index contributed by atoms with van der Waals surface area (Å²) in [5.41, 5.74) is -2.38. The van der Waals surface area contributed by atoms with Crippen LogP contribution in [0, 0.1) is 0 Å². The summed E-state index contributed by atoms with van der Waals surface area (Å²) >= 11 is 0. The quantitative estimate of drug-likeness (QED) is 0.383. The minimum atomic E-state index is -2.38. The predicted octanol–water partition coefficient (Wildman–Crippen LogP) is -6.16. The van der Waals surface area contributed by atoms with Crippen molar-refractivity contribution < 1.29 is 76.6 Å². The Morgan fingerprint density at radius 3 is 2.18 bits per heavy atom. The Hall–Kier alpha value is 0.986. The van der Waals surface area contributed by atoms with E-state index in [1.807, 2.05) is 0 Å². The first-order chi connectivity index (χ1) is 4.42. The zero-order chi connectivity index (χ0) is 8.36. The monoisotopic (exact) mass is 188 g/mol. The van der Waals surface area contributed by atoms with Crippen molar-refractivity contribution in [3.8, 4) is 0 Å². The summed E-state index contributed by atoms with van der Waals surface area (Å²) in [5, 5.41) is 35.6. The Morgan fingerprint density at radius 2 is 2.09 bits per heavy atom. The van der Waals surface area contributed by atoms with Crippen LogP contribution in [0.2, 0.25) is 0 Å². The van der Waals surface area contributed by atoms with Gasteiger partial charge in [0.1, 0.15) is 11.7 Å². The number of rotatable bonds is 3. The van der Waals surface area contributed by atoms with E-state index in [0.29, 0.717) is 0 Å². The molecule has 0 rings (SSSR count). The number of hydrogen-bond donors (Lipinski definition) is 3. The molecule has 0 heterocycles. The van der Waals surface area contributed by atoms with E-state index in [4.69, 9.17) is 15.3 Å². The van der Waals surface area contributed by atoms with Crippen LogP contribution in [0.5, 0.6) is 0 Å². The number of aliphatic carboxylic acids is 1. The van der Waals surface area contributed by atoms with Gasteiger partial charge in [0.15, 0.2) is 0 Å². The van der Waals surface area contributed by atoms with E-state index in [9.17, 15) is 9.90 Å². The molecule has 0 aromatic rings. The van der Waals surface area contributed by atoms with Crippen LogP contribution in [0.1, 0.15) is 6.92 Å². The van der Waals surface area contributed by atoms with Crippen molar-refractivity contribution in [3.63, 3.8) is 0 Å².